The van der Waals surface area contributed by atoms with E-state index >= 15 is 0 Å². The molecule has 7 nitrogen and oxygen atoms in total. The van der Waals surface area contributed by atoms with E-state index in [1.165, 1.54) is 12.6 Å². The molecule has 0 radical (unpaired) electrons. The highest BCUT2D eigenvalue weighted by Crippen LogP contribution is 2.33. The molecule has 0 spiro atoms. The third kappa shape index (κ3) is 3.74. The Morgan fingerprint density at radius 1 is 1.36 bits per heavy atom. The van der Waals surface area contributed by atoms with Crippen molar-refractivity contribution in [2.24, 2.45) is 7.05 Å². The Balaban J connectivity index is 1.88. The molecule has 0 saturated carbocycles. The number of fused-ring (bicyclic) bond motifs is 1. The number of nitrogens with zero attached hydrogens (tertiary/aromatic N) is 4. The number of rotatable bonds is 4. The van der Waals surface area contributed by atoms with Crippen molar-refractivity contribution in [2.45, 2.75) is 12.5 Å². The molecule has 1 unspecified atom stereocenters. The fourth-order valence-corrected chi connectivity index (χ4v) is 3.45. The first-order chi connectivity index (χ1) is 11.8. The van der Waals surface area contributed by atoms with Gasteiger partial charge >= 0.3 is 0 Å². The van der Waals surface area contributed by atoms with Crippen molar-refractivity contribution in [3.05, 3.63) is 53.3 Å². The molecule has 1 amide bonds. The van der Waals surface area contributed by atoms with Gasteiger partial charge in [0.2, 0.25) is 15.9 Å². The Morgan fingerprint density at radius 2 is 2.08 bits per heavy atom. The van der Waals surface area contributed by atoms with Crippen molar-refractivity contribution in [2.75, 3.05) is 26.4 Å². The summed E-state index contributed by atoms with van der Waals surface area (Å²) in [6, 6.07) is 8.04. The molecule has 2 aromatic rings. The molecule has 0 saturated heterocycles. The minimum absolute atomic E-state index is 0.0335. The van der Waals surface area contributed by atoms with Crippen LogP contribution in [0.2, 0.25) is 0 Å². The van der Waals surface area contributed by atoms with Crippen molar-refractivity contribution in [3.8, 4) is 0 Å². The number of hydrogen-bond acceptors (Lipinski definition) is 4. The lowest BCUT2D eigenvalue weighted by atomic mass is 9.86. The van der Waals surface area contributed by atoms with Gasteiger partial charge in [0.25, 0.3) is 0 Å². The lowest BCUT2D eigenvalue weighted by molar-refractivity contribution is -0.132. The van der Waals surface area contributed by atoms with E-state index in [0.29, 0.717) is 13.1 Å². The molecule has 1 aromatic carbocycles. The molecular formula is C17H22N4O3S. The maximum atomic E-state index is 12.6. The second-order valence-corrected chi connectivity index (χ2v) is 8.58. The van der Waals surface area contributed by atoms with Crippen LogP contribution in [-0.2, 0) is 28.4 Å². The summed E-state index contributed by atoms with van der Waals surface area (Å²) in [4.78, 5) is 14.4. The summed E-state index contributed by atoms with van der Waals surface area (Å²) in [5.41, 5.74) is 3.32. The summed E-state index contributed by atoms with van der Waals surface area (Å²) < 4.78 is 26.0. The topological polar surface area (TPSA) is 75.5 Å². The highest BCUT2D eigenvalue weighted by Gasteiger charge is 2.30. The third-order valence-corrected chi connectivity index (χ3v) is 5.86. The average Bonchev–Trinajstić information content (AvgIpc) is 2.99. The summed E-state index contributed by atoms with van der Waals surface area (Å²) >= 11 is 0. The molecule has 2 heterocycles. The van der Waals surface area contributed by atoms with E-state index < -0.39 is 10.0 Å². The monoisotopic (exact) mass is 362 g/mol. The summed E-state index contributed by atoms with van der Waals surface area (Å²) in [6.07, 6.45) is 4.88. The van der Waals surface area contributed by atoms with Gasteiger partial charge in [0.15, 0.2) is 0 Å². The first kappa shape index (κ1) is 17.6. The molecule has 3 rings (SSSR count). The molecule has 1 aliphatic heterocycles. The van der Waals surface area contributed by atoms with Gasteiger partial charge in [-0.2, -0.15) is 9.40 Å². The summed E-state index contributed by atoms with van der Waals surface area (Å²) in [5.74, 6) is -0.164. The van der Waals surface area contributed by atoms with E-state index in [4.69, 9.17) is 0 Å². The first-order valence-electron chi connectivity index (χ1n) is 8.01. The highest BCUT2D eigenvalue weighted by atomic mass is 32.2. The van der Waals surface area contributed by atoms with Crippen molar-refractivity contribution in [3.63, 3.8) is 0 Å². The second-order valence-electron chi connectivity index (χ2n) is 6.49. The van der Waals surface area contributed by atoms with Crippen LogP contribution in [0.15, 0.2) is 36.7 Å². The lowest BCUT2D eigenvalue weighted by Gasteiger charge is -2.35. The zero-order valence-electron chi connectivity index (χ0n) is 14.6. The fraction of sp³-hybridized carbons (Fsp3) is 0.412. The largest absolute Gasteiger partial charge is 0.336 e. The minimum atomic E-state index is -3.39. The van der Waals surface area contributed by atoms with Gasteiger partial charge in [-0.15, -0.1) is 0 Å². The van der Waals surface area contributed by atoms with Gasteiger partial charge in [-0.25, -0.2) is 8.42 Å². The van der Waals surface area contributed by atoms with Crippen LogP contribution < -0.4 is 0 Å². The number of aryl methyl sites for hydroxylation is 1. The number of hydrogen-bond donors (Lipinski definition) is 0. The molecule has 0 bridgehead atoms. The van der Waals surface area contributed by atoms with Gasteiger partial charge in [0, 0.05) is 39.3 Å². The molecule has 0 N–H and O–H groups in total. The molecule has 1 aromatic heterocycles. The number of aromatic nitrogens is 2. The maximum Gasteiger partial charge on any atom is 0.238 e. The Kier molecular flexibility index (Phi) is 4.66. The lowest BCUT2D eigenvalue weighted by Crippen LogP contribution is -2.44. The van der Waals surface area contributed by atoms with E-state index in [9.17, 15) is 13.2 Å². The van der Waals surface area contributed by atoms with Gasteiger partial charge in [-0.05, 0) is 16.7 Å². The third-order valence-electron chi connectivity index (χ3n) is 4.60. The molecule has 8 heteroatoms. The number of carbonyl (C=O) groups is 1. The number of carbonyl (C=O) groups excluding carboxylic acids is 1. The van der Waals surface area contributed by atoms with Gasteiger partial charge in [-0.1, -0.05) is 24.3 Å². The second kappa shape index (κ2) is 6.61. The van der Waals surface area contributed by atoms with Crippen LogP contribution in [0.3, 0.4) is 0 Å². The van der Waals surface area contributed by atoms with E-state index in [0.717, 1.165) is 21.7 Å². The van der Waals surface area contributed by atoms with Crippen LogP contribution in [0.25, 0.3) is 0 Å². The zero-order chi connectivity index (χ0) is 18.2. The number of likely N-dealkylation sites (N-methyl/N-ethyl adjacent to an activating group) is 1. The van der Waals surface area contributed by atoms with Crippen LogP contribution in [0.1, 0.15) is 22.6 Å². The SMILES string of the molecule is CN(CC(=O)N1Cc2ccccc2C(c2cnn(C)c2)C1)S(C)(=O)=O. The molecule has 1 atom stereocenters. The quantitative estimate of drug-likeness (QED) is 0.806. The van der Waals surface area contributed by atoms with Crippen LogP contribution in [-0.4, -0.2) is 59.7 Å². The van der Waals surface area contributed by atoms with Crippen molar-refractivity contribution < 1.29 is 13.2 Å². The Bertz CT molecular complexity index is 891. The number of amides is 1. The van der Waals surface area contributed by atoms with Gasteiger partial charge in [0.05, 0.1) is 19.0 Å². The maximum absolute atomic E-state index is 12.6. The highest BCUT2D eigenvalue weighted by molar-refractivity contribution is 7.88. The van der Waals surface area contributed by atoms with Crippen molar-refractivity contribution >= 4 is 15.9 Å². The number of sulfonamides is 1. The van der Waals surface area contributed by atoms with Gasteiger partial charge < -0.3 is 4.90 Å². The minimum Gasteiger partial charge on any atom is -0.336 e. The molecule has 134 valence electrons. The van der Waals surface area contributed by atoms with Gasteiger partial charge in [-0.3, -0.25) is 9.48 Å². The van der Waals surface area contributed by atoms with E-state index in [1.807, 2.05) is 37.6 Å². The standard InChI is InChI=1S/C17H22N4O3S/c1-19-9-14(8-18-19)16-11-21(10-13-6-4-5-7-15(13)16)17(22)12-20(2)25(3,23)24/h4-9,16H,10-12H2,1-3H3. The molecule has 25 heavy (non-hydrogen) atoms. The Hall–Kier alpha value is -2.19. The van der Waals surface area contributed by atoms with Crippen LogP contribution in [0, 0.1) is 0 Å². The molecule has 0 aliphatic carbocycles. The average molecular weight is 362 g/mol. The normalized spacial score (nSPS) is 17.6. The molecule has 0 fully saturated rings. The predicted molar refractivity (Wildman–Crippen MR) is 94.4 cm³/mol. The summed E-state index contributed by atoms with van der Waals surface area (Å²) in [6.45, 7) is 0.850. The zero-order valence-corrected chi connectivity index (χ0v) is 15.4. The fourth-order valence-electron chi connectivity index (χ4n) is 3.11. The number of benzene rings is 1. The Morgan fingerprint density at radius 3 is 2.72 bits per heavy atom. The Labute approximate surface area is 147 Å². The van der Waals surface area contributed by atoms with Crippen molar-refractivity contribution in [1.29, 1.82) is 0 Å². The smallest absolute Gasteiger partial charge is 0.238 e. The van der Waals surface area contributed by atoms with E-state index in [1.54, 1.807) is 9.58 Å². The molecule has 1 aliphatic rings. The van der Waals surface area contributed by atoms with E-state index in [-0.39, 0.29) is 18.4 Å². The molecular weight excluding hydrogens is 340 g/mol. The summed E-state index contributed by atoms with van der Waals surface area (Å²) in [5, 5.41) is 4.24. The van der Waals surface area contributed by atoms with Crippen molar-refractivity contribution in [1.82, 2.24) is 19.0 Å². The van der Waals surface area contributed by atoms with Crippen LogP contribution in [0.5, 0.6) is 0 Å². The predicted octanol–water partition coefficient (Wildman–Crippen LogP) is 0.786. The van der Waals surface area contributed by atoms with Crippen LogP contribution in [0.4, 0.5) is 0 Å². The first-order valence-corrected chi connectivity index (χ1v) is 9.86. The van der Waals surface area contributed by atoms with Gasteiger partial charge in [0.1, 0.15) is 0 Å². The van der Waals surface area contributed by atoms with Crippen LogP contribution >= 0.6 is 0 Å². The van der Waals surface area contributed by atoms with E-state index in [2.05, 4.69) is 11.2 Å². The summed E-state index contributed by atoms with van der Waals surface area (Å²) in [7, 11) is -0.103.